The fraction of sp³-hybridized carbons (Fsp3) is 0.375. The Balaban J connectivity index is 1.37. The maximum absolute atomic E-state index is 13.1. The van der Waals surface area contributed by atoms with Gasteiger partial charge < -0.3 is 10.1 Å². The topological polar surface area (TPSA) is 81.4 Å². The molecule has 0 aliphatic carbocycles. The number of benzene rings is 1. The smallest absolute Gasteiger partial charge is 0.338 e. The second-order valence-corrected chi connectivity index (χ2v) is 8.70. The minimum atomic E-state index is -2.70. The van der Waals surface area contributed by atoms with Gasteiger partial charge in [-0.2, -0.15) is 0 Å². The number of halogens is 2. The van der Waals surface area contributed by atoms with Crippen molar-refractivity contribution in [2.24, 2.45) is 7.05 Å². The Hall–Kier alpha value is -3.37. The lowest BCUT2D eigenvalue weighted by molar-refractivity contribution is 0.0535. The van der Waals surface area contributed by atoms with E-state index in [1.807, 2.05) is 19.1 Å². The predicted molar refractivity (Wildman–Crippen MR) is 120 cm³/mol. The molecule has 1 saturated heterocycles. The van der Waals surface area contributed by atoms with Crippen molar-refractivity contribution in [2.45, 2.75) is 32.5 Å². The fourth-order valence-corrected chi connectivity index (χ4v) is 4.75. The minimum Gasteiger partial charge on any atom is -0.457 e. The molecule has 2 aliphatic heterocycles. The van der Waals surface area contributed by atoms with E-state index in [4.69, 9.17) is 4.74 Å². The van der Waals surface area contributed by atoms with E-state index >= 15 is 0 Å². The molecule has 3 aromatic rings. The first kappa shape index (κ1) is 22.4. The molecule has 178 valence electrons. The van der Waals surface area contributed by atoms with Gasteiger partial charge in [-0.25, -0.2) is 18.4 Å². The summed E-state index contributed by atoms with van der Waals surface area (Å²) in [6.07, 6.45) is 0.283. The summed E-state index contributed by atoms with van der Waals surface area (Å²) in [6, 6.07) is 6.67. The highest BCUT2D eigenvalue weighted by molar-refractivity contribution is 5.94. The summed E-state index contributed by atoms with van der Waals surface area (Å²) in [5, 5.41) is 3.55. The standard InChI is InChI=1S/C24H25F2N5O3/c1-14-17(3-4-18-19(14)13-34-23(18)32)21-12-30(8-7-28-21)10-16-11-31(24(33)29(16)2)15-5-6-27-20(9-15)22(25)26/h3-6,9,11,21-22,28H,7-8,10,12-13H2,1-2H3/t21-/m0/s1. The van der Waals surface area contributed by atoms with Crippen LogP contribution in [-0.2, 0) is 24.9 Å². The molecule has 0 amide bonds. The zero-order valence-electron chi connectivity index (χ0n) is 18.9. The van der Waals surface area contributed by atoms with Crippen molar-refractivity contribution >= 4 is 5.97 Å². The van der Waals surface area contributed by atoms with E-state index in [2.05, 4.69) is 15.2 Å². The number of aromatic nitrogens is 3. The molecular weight excluding hydrogens is 444 g/mol. The van der Waals surface area contributed by atoms with Crippen molar-refractivity contribution in [2.75, 3.05) is 19.6 Å². The Morgan fingerprint density at radius 3 is 2.88 bits per heavy atom. The summed E-state index contributed by atoms with van der Waals surface area (Å²) in [5.41, 5.74) is 4.26. The van der Waals surface area contributed by atoms with Gasteiger partial charge in [0.1, 0.15) is 12.3 Å². The molecular formula is C24H25F2N5O3. The van der Waals surface area contributed by atoms with Gasteiger partial charge >= 0.3 is 11.7 Å². The number of rotatable bonds is 5. The molecule has 2 aliphatic rings. The lowest BCUT2D eigenvalue weighted by Gasteiger charge is -2.34. The Kier molecular flexibility index (Phi) is 5.78. The molecule has 34 heavy (non-hydrogen) atoms. The number of imidazole rings is 1. The van der Waals surface area contributed by atoms with Crippen molar-refractivity contribution in [3.05, 3.63) is 80.8 Å². The second kappa shape index (κ2) is 8.77. The number of hydrogen-bond acceptors (Lipinski definition) is 6. The van der Waals surface area contributed by atoms with E-state index in [1.165, 1.54) is 16.8 Å². The summed E-state index contributed by atoms with van der Waals surface area (Å²) in [4.78, 5) is 30.6. The fourth-order valence-electron chi connectivity index (χ4n) is 4.75. The Morgan fingerprint density at radius 2 is 2.09 bits per heavy atom. The molecule has 0 saturated carbocycles. The van der Waals surface area contributed by atoms with Crippen LogP contribution in [0, 0.1) is 6.92 Å². The van der Waals surface area contributed by atoms with E-state index in [0.717, 1.165) is 42.0 Å². The summed E-state index contributed by atoms with van der Waals surface area (Å²) in [7, 11) is 1.69. The normalized spacial score (nSPS) is 18.4. The van der Waals surface area contributed by atoms with Crippen molar-refractivity contribution < 1.29 is 18.3 Å². The molecule has 1 atom stereocenters. The van der Waals surface area contributed by atoms with Crippen molar-refractivity contribution in [1.29, 1.82) is 0 Å². The van der Waals surface area contributed by atoms with Gasteiger partial charge in [0.15, 0.2) is 0 Å². The molecule has 4 heterocycles. The molecule has 1 aromatic carbocycles. The van der Waals surface area contributed by atoms with E-state index in [9.17, 15) is 18.4 Å². The zero-order valence-corrected chi connectivity index (χ0v) is 18.9. The Morgan fingerprint density at radius 1 is 1.26 bits per heavy atom. The molecule has 8 nitrogen and oxygen atoms in total. The molecule has 2 aromatic heterocycles. The number of alkyl halides is 2. The summed E-state index contributed by atoms with van der Waals surface area (Å²) in [5.74, 6) is -0.275. The van der Waals surface area contributed by atoms with Crippen LogP contribution in [0.3, 0.4) is 0 Å². The van der Waals surface area contributed by atoms with Crippen LogP contribution in [-0.4, -0.2) is 44.6 Å². The predicted octanol–water partition coefficient (Wildman–Crippen LogP) is 2.63. The third kappa shape index (κ3) is 3.92. The van der Waals surface area contributed by atoms with Crippen LogP contribution in [0.15, 0.2) is 41.5 Å². The van der Waals surface area contributed by atoms with Crippen molar-refractivity contribution in [3.63, 3.8) is 0 Å². The number of nitrogens with zero attached hydrogens (tertiary/aromatic N) is 4. The van der Waals surface area contributed by atoms with Gasteiger partial charge in [-0.3, -0.25) is 19.0 Å². The molecule has 0 unspecified atom stereocenters. The summed E-state index contributed by atoms with van der Waals surface area (Å²) < 4.78 is 34.2. The number of carbonyl (C=O) groups excluding carboxylic acids is 1. The number of cyclic esters (lactones) is 1. The summed E-state index contributed by atoms with van der Waals surface area (Å²) in [6.45, 7) is 5.15. The number of nitrogens with one attached hydrogen (secondary N) is 1. The first-order valence-corrected chi connectivity index (χ1v) is 11.1. The van der Waals surface area contributed by atoms with Gasteiger partial charge in [-0.1, -0.05) is 6.07 Å². The van der Waals surface area contributed by atoms with Gasteiger partial charge in [0.2, 0.25) is 0 Å². The number of hydrogen-bond donors (Lipinski definition) is 1. The minimum absolute atomic E-state index is 0.0719. The van der Waals surface area contributed by atoms with Gasteiger partial charge in [0.05, 0.1) is 16.9 Å². The number of pyridine rings is 1. The van der Waals surface area contributed by atoms with Gasteiger partial charge in [-0.05, 0) is 36.2 Å². The van der Waals surface area contributed by atoms with Gasteiger partial charge in [0.25, 0.3) is 6.43 Å². The van der Waals surface area contributed by atoms with Gasteiger partial charge in [-0.15, -0.1) is 0 Å². The average molecular weight is 469 g/mol. The first-order chi connectivity index (χ1) is 16.3. The van der Waals surface area contributed by atoms with Crippen LogP contribution in [0.2, 0.25) is 0 Å². The highest BCUT2D eigenvalue weighted by atomic mass is 19.3. The quantitative estimate of drug-likeness (QED) is 0.579. The van der Waals surface area contributed by atoms with E-state index in [-0.39, 0.29) is 23.4 Å². The zero-order chi connectivity index (χ0) is 24.0. The number of piperazine rings is 1. The van der Waals surface area contributed by atoms with E-state index < -0.39 is 6.43 Å². The van der Waals surface area contributed by atoms with Crippen LogP contribution in [0.1, 0.15) is 50.9 Å². The van der Waals surface area contributed by atoms with Gasteiger partial charge in [0, 0.05) is 57.2 Å². The first-order valence-electron chi connectivity index (χ1n) is 11.1. The molecule has 0 radical (unpaired) electrons. The van der Waals surface area contributed by atoms with Crippen LogP contribution in [0.5, 0.6) is 0 Å². The molecule has 0 bridgehead atoms. The number of carbonyl (C=O) groups is 1. The largest absolute Gasteiger partial charge is 0.457 e. The van der Waals surface area contributed by atoms with Crippen LogP contribution in [0.4, 0.5) is 8.78 Å². The molecule has 1 fully saturated rings. The molecule has 0 spiro atoms. The lowest BCUT2D eigenvalue weighted by Crippen LogP contribution is -2.45. The SMILES string of the molecule is Cc1c([C@@H]2CN(Cc3cn(-c4ccnc(C(F)F)c4)c(=O)n3C)CCN2)ccc2c1COC2=O. The number of ether oxygens (including phenoxy) is 1. The Labute approximate surface area is 194 Å². The van der Waals surface area contributed by atoms with Crippen LogP contribution in [0.25, 0.3) is 5.69 Å². The number of esters is 1. The summed E-state index contributed by atoms with van der Waals surface area (Å²) >= 11 is 0. The second-order valence-electron chi connectivity index (χ2n) is 8.70. The number of fused-ring (bicyclic) bond motifs is 1. The monoisotopic (exact) mass is 469 g/mol. The molecule has 5 rings (SSSR count). The van der Waals surface area contributed by atoms with E-state index in [0.29, 0.717) is 24.4 Å². The lowest BCUT2D eigenvalue weighted by atomic mass is 9.93. The third-order valence-electron chi connectivity index (χ3n) is 6.70. The average Bonchev–Trinajstić information content (AvgIpc) is 3.35. The Bertz CT molecular complexity index is 1320. The van der Waals surface area contributed by atoms with Crippen LogP contribution >= 0.6 is 0 Å². The maximum Gasteiger partial charge on any atom is 0.338 e. The highest BCUT2D eigenvalue weighted by Crippen LogP contribution is 2.30. The van der Waals surface area contributed by atoms with Crippen molar-refractivity contribution in [3.8, 4) is 5.69 Å². The molecule has 1 N–H and O–H groups in total. The molecule has 10 heteroatoms. The third-order valence-corrected chi connectivity index (χ3v) is 6.70. The van der Waals surface area contributed by atoms with Crippen molar-refractivity contribution in [1.82, 2.24) is 24.3 Å². The van der Waals surface area contributed by atoms with Crippen LogP contribution < -0.4 is 11.0 Å². The van der Waals surface area contributed by atoms with E-state index in [1.54, 1.807) is 23.9 Å². The highest BCUT2D eigenvalue weighted by Gasteiger charge is 2.28. The maximum atomic E-state index is 13.1.